The lowest BCUT2D eigenvalue weighted by Crippen LogP contribution is -2.22. The first kappa shape index (κ1) is 11.3. The highest BCUT2D eigenvalue weighted by Gasteiger charge is 2.12. The van der Waals surface area contributed by atoms with Gasteiger partial charge in [-0.05, 0) is 12.1 Å². The summed E-state index contributed by atoms with van der Waals surface area (Å²) in [5.41, 5.74) is 2.60. The number of ether oxygens (including phenoxy) is 2. The van der Waals surface area contributed by atoms with Crippen molar-refractivity contribution in [2.45, 2.75) is 0 Å². The molecule has 82 valence electrons. The van der Waals surface area contributed by atoms with E-state index < -0.39 is 0 Å². The van der Waals surface area contributed by atoms with Gasteiger partial charge in [-0.2, -0.15) is 0 Å². The predicted molar refractivity (Wildman–Crippen MR) is 54.0 cm³/mol. The first-order valence-electron chi connectivity index (χ1n) is 4.28. The largest absolute Gasteiger partial charge is 0.497 e. The Morgan fingerprint density at radius 3 is 2.47 bits per heavy atom. The molecular formula is C10H13NO4. The molecular weight excluding hydrogens is 198 g/mol. The van der Waals surface area contributed by atoms with Crippen molar-refractivity contribution < 1.29 is 19.1 Å². The minimum atomic E-state index is -0.364. The number of methoxy groups -OCH3 is 2. The van der Waals surface area contributed by atoms with Crippen LogP contribution in [-0.2, 0) is 4.84 Å². The zero-order valence-corrected chi connectivity index (χ0v) is 8.87. The molecule has 1 N–H and O–H groups in total. The molecule has 0 unspecified atom stereocenters. The van der Waals surface area contributed by atoms with E-state index in [2.05, 4.69) is 10.3 Å². The summed E-state index contributed by atoms with van der Waals surface area (Å²) in [6.07, 6.45) is 0. The summed E-state index contributed by atoms with van der Waals surface area (Å²) < 4.78 is 10.1. The van der Waals surface area contributed by atoms with Crippen LogP contribution in [0.2, 0.25) is 0 Å². The number of benzene rings is 1. The number of carbonyl (C=O) groups excluding carboxylic acids is 1. The van der Waals surface area contributed by atoms with E-state index in [4.69, 9.17) is 9.47 Å². The fourth-order valence-electron chi connectivity index (χ4n) is 1.13. The van der Waals surface area contributed by atoms with Crippen LogP contribution >= 0.6 is 0 Å². The normalized spacial score (nSPS) is 9.53. The van der Waals surface area contributed by atoms with Crippen molar-refractivity contribution in [1.82, 2.24) is 5.48 Å². The minimum Gasteiger partial charge on any atom is -0.497 e. The smallest absolute Gasteiger partial charge is 0.278 e. The Labute approximate surface area is 87.9 Å². The van der Waals surface area contributed by atoms with Gasteiger partial charge >= 0.3 is 0 Å². The molecule has 1 rings (SSSR count). The quantitative estimate of drug-likeness (QED) is 0.755. The standard InChI is InChI=1S/C10H13NO4/c1-13-7-4-5-8(9(6-7)14-2)10(12)11-15-3/h4-6H,1-3H3,(H,11,12). The van der Waals surface area contributed by atoms with Gasteiger partial charge < -0.3 is 9.47 Å². The van der Waals surface area contributed by atoms with Gasteiger partial charge in [0.15, 0.2) is 0 Å². The Hall–Kier alpha value is -1.75. The van der Waals surface area contributed by atoms with Crippen molar-refractivity contribution in [2.24, 2.45) is 0 Å². The molecule has 15 heavy (non-hydrogen) atoms. The van der Waals surface area contributed by atoms with Gasteiger partial charge in [0, 0.05) is 6.07 Å². The zero-order chi connectivity index (χ0) is 11.3. The van der Waals surface area contributed by atoms with Crippen molar-refractivity contribution in [3.8, 4) is 11.5 Å². The number of rotatable bonds is 4. The van der Waals surface area contributed by atoms with E-state index in [1.165, 1.54) is 14.2 Å². The van der Waals surface area contributed by atoms with Gasteiger partial charge in [0.25, 0.3) is 5.91 Å². The molecule has 0 radical (unpaired) electrons. The van der Waals surface area contributed by atoms with Crippen LogP contribution in [0.1, 0.15) is 10.4 Å². The maximum atomic E-state index is 11.5. The van der Waals surface area contributed by atoms with Crippen molar-refractivity contribution in [2.75, 3.05) is 21.3 Å². The van der Waals surface area contributed by atoms with Crippen LogP contribution in [0.15, 0.2) is 18.2 Å². The molecule has 5 nitrogen and oxygen atoms in total. The van der Waals surface area contributed by atoms with Crippen LogP contribution in [0, 0.1) is 0 Å². The molecule has 0 aromatic heterocycles. The Bertz CT molecular complexity index is 351. The molecule has 1 amide bonds. The van der Waals surface area contributed by atoms with Gasteiger partial charge in [-0.1, -0.05) is 0 Å². The first-order valence-corrected chi connectivity index (χ1v) is 4.28. The van der Waals surface area contributed by atoms with E-state index in [0.29, 0.717) is 17.1 Å². The van der Waals surface area contributed by atoms with Crippen LogP contribution in [0.3, 0.4) is 0 Å². The molecule has 0 aliphatic carbocycles. The van der Waals surface area contributed by atoms with Crippen LogP contribution in [0.4, 0.5) is 0 Å². The van der Waals surface area contributed by atoms with Crippen molar-refractivity contribution in [3.05, 3.63) is 23.8 Å². The first-order chi connectivity index (χ1) is 7.22. The number of hydrogen-bond donors (Lipinski definition) is 1. The average Bonchev–Trinajstić information content (AvgIpc) is 2.28. The highest BCUT2D eigenvalue weighted by molar-refractivity contribution is 5.96. The van der Waals surface area contributed by atoms with Gasteiger partial charge in [-0.3, -0.25) is 9.63 Å². The molecule has 0 fully saturated rings. The number of hydrogen-bond acceptors (Lipinski definition) is 4. The number of carbonyl (C=O) groups is 1. The Balaban J connectivity index is 3.02. The molecule has 1 aromatic carbocycles. The molecule has 0 atom stereocenters. The number of hydroxylamine groups is 1. The van der Waals surface area contributed by atoms with Crippen LogP contribution in [0.25, 0.3) is 0 Å². The topological polar surface area (TPSA) is 56.8 Å². The predicted octanol–water partition coefficient (Wildman–Crippen LogP) is 0.995. The third-order valence-electron chi connectivity index (χ3n) is 1.85. The third-order valence-corrected chi connectivity index (χ3v) is 1.85. The van der Waals surface area contributed by atoms with E-state index in [1.54, 1.807) is 25.3 Å². The van der Waals surface area contributed by atoms with Gasteiger partial charge in [0.2, 0.25) is 0 Å². The lowest BCUT2D eigenvalue weighted by molar-refractivity contribution is 0.0535. The van der Waals surface area contributed by atoms with Gasteiger partial charge in [0.1, 0.15) is 11.5 Å². The maximum absolute atomic E-state index is 11.5. The highest BCUT2D eigenvalue weighted by Crippen LogP contribution is 2.24. The van der Waals surface area contributed by atoms with Crippen molar-refractivity contribution >= 4 is 5.91 Å². The molecule has 0 saturated carbocycles. The fraction of sp³-hybridized carbons (Fsp3) is 0.300. The Kier molecular flexibility index (Phi) is 3.93. The lowest BCUT2D eigenvalue weighted by atomic mass is 10.2. The van der Waals surface area contributed by atoms with Gasteiger partial charge in [0.05, 0.1) is 26.9 Å². The zero-order valence-electron chi connectivity index (χ0n) is 8.87. The monoisotopic (exact) mass is 211 g/mol. The molecule has 1 aromatic rings. The van der Waals surface area contributed by atoms with E-state index in [0.717, 1.165) is 0 Å². The van der Waals surface area contributed by atoms with E-state index in [1.807, 2.05) is 0 Å². The fourth-order valence-corrected chi connectivity index (χ4v) is 1.13. The molecule has 0 aliphatic heterocycles. The van der Waals surface area contributed by atoms with Crippen LogP contribution in [-0.4, -0.2) is 27.2 Å². The van der Waals surface area contributed by atoms with E-state index >= 15 is 0 Å². The van der Waals surface area contributed by atoms with E-state index in [9.17, 15) is 4.79 Å². The minimum absolute atomic E-state index is 0.364. The van der Waals surface area contributed by atoms with Crippen LogP contribution < -0.4 is 15.0 Å². The Morgan fingerprint density at radius 2 is 1.93 bits per heavy atom. The summed E-state index contributed by atoms with van der Waals surface area (Å²) in [5.74, 6) is 0.696. The SMILES string of the molecule is CONC(=O)c1ccc(OC)cc1OC. The molecule has 0 saturated heterocycles. The summed E-state index contributed by atoms with van der Waals surface area (Å²) in [7, 11) is 4.40. The summed E-state index contributed by atoms with van der Waals surface area (Å²) in [6.45, 7) is 0. The van der Waals surface area contributed by atoms with Crippen LogP contribution in [0.5, 0.6) is 11.5 Å². The summed E-state index contributed by atoms with van der Waals surface area (Å²) in [5, 5.41) is 0. The average molecular weight is 211 g/mol. The van der Waals surface area contributed by atoms with E-state index in [-0.39, 0.29) is 5.91 Å². The second-order valence-corrected chi connectivity index (χ2v) is 2.70. The summed E-state index contributed by atoms with van der Waals surface area (Å²) in [6, 6.07) is 4.91. The Morgan fingerprint density at radius 1 is 1.20 bits per heavy atom. The highest BCUT2D eigenvalue weighted by atomic mass is 16.6. The third kappa shape index (κ3) is 2.60. The molecule has 0 bridgehead atoms. The van der Waals surface area contributed by atoms with Crippen molar-refractivity contribution in [3.63, 3.8) is 0 Å². The van der Waals surface area contributed by atoms with Crippen molar-refractivity contribution in [1.29, 1.82) is 0 Å². The molecule has 5 heteroatoms. The van der Waals surface area contributed by atoms with Gasteiger partial charge in [-0.15, -0.1) is 0 Å². The molecule has 0 heterocycles. The molecule has 0 spiro atoms. The summed E-state index contributed by atoms with van der Waals surface area (Å²) >= 11 is 0. The number of nitrogens with one attached hydrogen (secondary N) is 1. The second-order valence-electron chi connectivity index (χ2n) is 2.70. The molecule has 0 aliphatic rings. The number of amides is 1. The summed E-state index contributed by atoms with van der Waals surface area (Å²) in [4.78, 5) is 16.0. The van der Waals surface area contributed by atoms with Gasteiger partial charge in [-0.25, -0.2) is 5.48 Å². The lowest BCUT2D eigenvalue weighted by Gasteiger charge is -2.09. The maximum Gasteiger partial charge on any atom is 0.278 e. The second kappa shape index (κ2) is 5.21.